The second kappa shape index (κ2) is 12.5. The molecule has 1 aliphatic heterocycles. The van der Waals surface area contributed by atoms with Crippen LogP contribution in [0, 0.1) is 5.92 Å². The molecule has 8 nitrogen and oxygen atoms in total. The molecule has 0 bridgehead atoms. The molecule has 8 heteroatoms. The van der Waals surface area contributed by atoms with Crippen molar-refractivity contribution in [2.75, 3.05) is 0 Å². The summed E-state index contributed by atoms with van der Waals surface area (Å²) in [5.41, 5.74) is 11.2. The molecule has 2 heterocycles. The zero-order chi connectivity index (χ0) is 27.0. The van der Waals surface area contributed by atoms with Crippen LogP contribution in [0.15, 0.2) is 96.8 Å². The number of hydroxylamine groups is 1. The van der Waals surface area contributed by atoms with Gasteiger partial charge in [-0.2, -0.15) is 0 Å². The Balaban J connectivity index is 1.51. The number of nitrogens with zero attached hydrogens (tertiary/aromatic N) is 1. The smallest absolute Gasteiger partial charge is 0.336 e. The lowest BCUT2D eigenvalue weighted by Crippen LogP contribution is -2.65. The number of nitrogens with two attached hydrogens (primary N) is 1. The lowest BCUT2D eigenvalue weighted by molar-refractivity contribution is -0.158. The molecule has 2 unspecified atom stereocenters. The Hall–Kier alpha value is -4.01. The van der Waals surface area contributed by atoms with E-state index in [4.69, 9.17) is 15.3 Å². The standard InChI is InChI=1S/C30H34N4O4/c1-21(2)30(31,29(36)37-20-24-15-9-10-16-32-24)28(35)33-26(18-23-13-7-4-8-14-23)27-19-25(34-38-27)17-22-11-5-3-6-12-22/h3-16,19,21,26-27,34H,17-18,20,31H2,1-2H3,(H,33,35)/t26?,27?,30-/m0/s1. The number of amides is 1. The van der Waals surface area contributed by atoms with Gasteiger partial charge in [-0.1, -0.05) is 80.6 Å². The van der Waals surface area contributed by atoms with Crippen LogP contribution in [0.1, 0.15) is 30.7 Å². The SMILES string of the molecule is CC(C)[C@](N)(C(=O)NC(Cc1ccccc1)C1C=C(Cc2ccccc2)NO1)C(=O)OCc1ccccn1. The fourth-order valence-electron chi connectivity index (χ4n) is 4.26. The zero-order valence-corrected chi connectivity index (χ0v) is 21.7. The first-order chi connectivity index (χ1) is 18.4. The summed E-state index contributed by atoms with van der Waals surface area (Å²) < 4.78 is 5.44. The number of hydrogen-bond donors (Lipinski definition) is 3. The van der Waals surface area contributed by atoms with E-state index in [0.29, 0.717) is 18.5 Å². The van der Waals surface area contributed by atoms with Gasteiger partial charge in [0.1, 0.15) is 12.7 Å². The van der Waals surface area contributed by atoms with E-state index < -0.39 is 35.5 Å². The fourth-order valence-corrected chi connectivity index (χ4v) is 4.26. The Morgan fingerprint density at radius 2 is 1.68 bits per heavy atom. The van der Waals surface area contributed by atoms with Crippen molar-refractivity contribution in [1.82, 2.24) is 15.8 Å². The minimum atomic E-state index is -1.90. The number of nitrogens with one attached hydrogen (secondary N) is 2. The summed E-state index contributed by atoms with van der Waals surface area (Å²) in [6.07, 6.45) is 4.24. The molecule has 0 saturated carbocycles. The summed E-state index contributed by atoms with van der Waals surface area (Å²) in [7, 11) is 0. The van der Waals surface area contributed by atoms with Gasteiger partial charge in [-0.3, -0.25) is 20.1 Å². The third-order valence-electron chi connectivity index (χ3n) is 6.64. The minimum Gasteiger partial charge on any atom is -0.457 e. The molecule has 198 valence electrons. The molecule has 0 radical (unpaired) electrons. The predicted molar refractivity (Wildman–Crippen MR) is 144 cm³/mol. The van der Waals surface area contributed by atoms with Crippen LogP contribution in [0.5, 0.6) is 0 Å². The van der Waals surface area contributed by atoms with Crippen LogP contribution in [-0.2, 0) is 38.6 Å². The predicted octanol–water partition coefficient (Wildman–Crippen LogP) is 3.24. The molecule has 0 spiro atoms. The first-order valence-corrected chi connectivity index (χ1v) is 12.7. The summed E-state index contributed by atoms with van der Waals surface area (Å²) in [6.45, 7) is 3.37. The van der Waals surface area contributed by atoms with Crippen LogP contribution in [0.2, 0.25) is 0 Å². The highest BCUT2D eigenvalue weighted by atomic mass is 16.7. The van der Waals surface area contributed by atoms with Crippen LogP contribution in [0.4, 0.5) is 0 Å². The van der Waals surface area contributed by atoms with Gasteiger partial charge < -0.3 is 15.8 Å². The van der Waals surface area contributed by atoms with Crippen molar-refractivity contribution in [2.24, 2.45) is 11.7 Å². The van der Waals surface area contributed by atoms with Crippen LogP contribution in [0.25, 0.3) is 0 Å². The number of pyridine rings is 1. The number of aromatic nitrogens is 1. The molecular formula is C30H34N4O4. The van der Waals surface area contributed by atoms with E-state index >= 15 is 0 Å². The van der Waals surface area contributed by atoms with Gasteiger partial charge in [0.2, 0.25) is 0 Å². The third-order valence-corrected chi connectivity index (χ3v) is 6.64. The Morgan fingerprint density at radius 3 is 2.32 bits per heavy atom. The van der Waals surface area contributed by atoms with Gasteiger partial charge in [0.15, 0.2) is 5.54 Å². The molecule has 1 aromatic heterocycles. The van der Waals surface area contributed by atoms with Crippen molar-refractivity contribution in [2.45, 2.75) is 51.0 Å². The van der Waals surface area contributed by atoms with Gasteiger partial charge in [0.05, 0.1) is 11.7 Å². The fraction of sp³-hybridized carbons (Fsp3) is 0.300. The van der Waals surface area contributed by atoms with E-state index in [1.54, 1.807) is 38.2 Å². The second-order valence-corrected chi connectivity index (χ2v) is 9.73. The van der Waals surface area contributed by atoms with Gasteiger partial charge in [-0.25, -0.2) is 4.79 Å². The summed E-state index contributed by atoms with van der Waals surface area (Å²) >= 11 is 0. The Bertz CT molecular complexity index is 1230. The molecule has 1 amide bonds. The van der Waals surface area contributed by atoms with E-state index in [0.717, 1.165) is 16.8 Å². The number of ether oxygens (including phenoxy) is 1. The van der Waals surface area contributed by atoms with Gasteiger partial charge in [0.25, 0.3) is 5.91 Å². The van der Waals surface area contributed by atoms with Crippen molar-refractivity contribution in [3.8, 4) is 0 Å². The Morgan fingerprint density at radius 1 is 1.03 bits per heavy atom. The maximum atomic E-state index is 13.6. The minimum absolute atomic E-state index is 0.0761. The van der Waals surface area contributed by atoms with E-state index in [1.807, 2.05) is 66.7 Å². The summed E-state index contributed by atoms with van der Waals surface area (Å²) in [4.78, 5) is 36.8. The normalized spacial score (nSPS) is 17.2. The van der Waals surface area contributed by atoms with Gasteiger partial charge >= 0.3 is 5.97 Å². The monoisotopic (exact) mass is 514 g/mol. The molecule has 4 rings (SSSR count). The molecule has 0 saturated heterocycles. The van der Waals surface area contributed by atoms with Crippen molar-refractivity contribution < 1.29 is 19.2 Å². The lowest BCUT2D eigenvalue weighted by atomic mass is 9.85. The lowest BCUT2D eigenvalue weighted by Gasteiger charge is -2.32. The summed E-state index contributed by atoms with van der Waals surface area (Å²) in [5, 5.41) is 3.00. The van der Waals surface area contributed by atoms with Crippen LogP contribution in [0.3, 0.4) is 0 Å². The highest BCUT2D eigenvalue weighted by Gasteiger charge is 2.48. The number of benzene rings is 2. The van der Waals surface area contributed by atoms with E-state index in [9.17, 15) is 9.59 Å². The molecule has 3 aromatic rings. The number of carbonyl (C=O) groups excluding carboxylic acids is 2. The molecule has 1 aliphatic rings. The van der Waals surface area contributed by atoms with Gasteiger partial charge in [-0.15, -0.1) is 0 Å². The second-order valence-electron chi connectivity index (χ2n) is 9.73. The van der Waals surface area contributed by atoms with E-state index in [-0.39, 0.29) is 6.61 Å². The van der Waals surface area contributed by atoms with Gasteiger partial charge in [0, 0.05) is 18.3 Å². The molecule has 0 fully saturated rings. The van der Waals surface area contributed by atoms with Gasteiger partial charge in [-0.05, 0) is 41.7 Å². The molecule has 4 N–H and O–H groups in total. The number of rotatable bonds is 11. The number of hydrogen-bond acceptors (Lipinski definition) is 7. The van der Waals surface area contributed by atoms with E-state index in [1.165, 1.54) is 0 Å². The maximum absolute atomic E-state index is 13.6. The molecular weight excluding hydrogens is 480 g/mol. The third kappa shape index (κ3) is 6.65. The molecule has 0 aliphatic carbocycles. The zero-order valence-electron chi connectivity index (χ0n) is 21.7. The largest absolute Gasteiger partial charge is 0.457 e. The van der Waals surface area contributed by atoms with Crippen LogP contribution < -0.4 is 16.5 Å². The Labute approximate surface area is 223 Å². The van der Waals surface area contributed by atoms with Crippen LogP contribution >= 0.6 is 0 Å². The number of carbonyl (C=O) groups is 2. The topological polar surface area (TPSA) is 116 Å². The first kappa shape index (κ1) is 27.0. The van der Waals surface area contributed by atoms with Crippen molar-refractivity contribution in [3.63, 3.8) is 0 Å². The average molecular weight is 515 g/mol. The quantitative estimate of drug-likeness (QED) is 0.266. The van der Waals surface area contributed by atoms with E-state index in [2.05, 4.69) is 15.8 Å². The van der Waals surface area contributed by atoms with Crippen molar-refractivity contribution >= 4 is 11.9 Å². The highest BCUT2D eigenvalue weighted by molar-refractivity contribution is 6.07. The average Bonchev–Trinajstić information content (AvgIpc) is 3.40. The Kier molecular flexibility index (Phi) is 8.89. The van der Waals surface area contributed by atoms with Crippen molar-refractivity contribution in [1.29, 1.82) is 0 Å². The number of allylic oxidation sites excluding steroid dienone is 1. The number of esters is 1. The van der Waals surface area contributed by atoms with Crippen molar-refractivity contribution in [3.05, 3.63) is 114 Å². The highest BCUT2D eigenvalue weighted by Crippen LogP contribution is 2.22. The maximum Gasteiger partial charge on any atom is 0.336 e. The summed E-state index contributed by atoms with van der Waals surface area (Å²) in [5.74, 6) is -1.95. The first-order valence-electron chi connectivity index (χ1n) is 12.7. The molecule has 3 atom stereocenters. The molecule has 38 heavy (non-hydrogen) atoms. The van der Waals surface area contributed by atoms with Crippen LogP contribution in [-0.4, -0.2) is 34.5 Å². The molecule has 2 aromatic carbocycles. The summed E-state index contributed by atoms with van der Waals surface area (Å²) in [6, 6.07) is 24.6.